The van der Waals surface area contributed by atoms with Gasteiger partial charge in [0.25, 0.3) is 0 Å². The molecule has 1 fully saturated rings. The summed E-state index contributed by atoms with van der Waals surface area (Å²) in [6.07, 6.45) is 1.33. The fourth-order valence-corrected chi connectivity index (χ4v) is 4.28. The Morgan fingerprint density at radius 1 is 1.22 bits per heavy atom. The van der Waals surface area contributed by atoms with Crippen molar-refractivity contribution in [2.75, 3.05) is 26.3 Å². The van der Waals surface area contributed by atoms with Crippen molar-refractivity contribution in [2.45, 2.75) is 45.7 Å². The smallest absolute Gasteiger partial charge is 0.227 e. The molecule has 0 saturated carbocycles. The largest absolute Gasteiger partial charge is 0.381 e. The van der Waals surface area contributed by atoms with Crippen molar-refractivity contribution in [1.82, 2.24) is 25.0 Å². The van der Waals surface area contributed by atoms with Crippen LogP contribution in [0, 0.1) is 17.7 Å². The summed E-state index contributed by atoms with van der Waals surface area (Å²) in [5, 5.41) is 11.9. The third kappa shape index (κ3) is 4.82. The van der Waals surface area contributed by atoms with Crippen LogP contribution in [0.5, 0.6) is 0 Å². The fourth-order valence-electron chi connectivity index (χ4n) is 4.28. The minimum Gasteiger partial charge on any atom is -0.381 e. The number of nitrogens with one attached hydrogen (secondary N) is 1. The quantitative estimate of drug-likeness (QED) is 0.737. The van der Waals surface area contributed by atoms with E-state index in [1.807, 2.05) is 18.4 Å². The van der Waals surface area contributed by atoms with Crippen LogP contribution in [0.4, 0.5) is 4.39 Å². The number of hydrogen-bond donors (Lipinski definition) is 1. The number of rotatable bonds is 6. The van der Waals surface area contributed by atoms with Gasteiger partial charge >= 0.3 is 0 Å². The number of ether oxygens (including phenoxy) is 1. The van der Waals surface area contributed by atoms with Crippen molar-refractivity contribution in [3.63, 3.8) is 0 Å². The van der Waals surface area contributed by atoms with E-state index in [1.165, 1.54) is 6.07 Å². The molecule has 1 saturated heterocycles. The summed E-state index contributed by atoms with van der Waals surface area (Å²) in [5.41, 5.74) is 0.403. The van der Waals surface area contributed by atoms with Gasteiger partial charge in [-0.15, -0.1) is 10.2 Å². The molecule has 2 amide bonds. The van der Waals surface area contributed by atoms with Gasteiger partial charge in [0.05, 0.1) is 25.0 Å². The average Bonchev–Trinajstić information content (AvgIpc) is 3.39. The van der Waals surface area contributed by atoms with E-state index in [0.717, 1.165) is 12.2 Å². The number of fused-ring (bicyclic) bond motifs is 1. The Bertz CT molecular complexity index is 970. The van der Waals surface area contributed by atoms with E-state index in [-0.39, 0.29) is 41.9 Å². The maximum absolute atomic E-state index is 14.0. The van der Waals surface area contributed by atoms with Gasteiger partial charge in [-0.25, -0.2) is 4.39 Å². The molecular formula is C23H30FN5O3. The molecule has 4 rings (SSSR count). The summed E-state index contributed by atoms with van der Waals surface area (Å²) in [6, 6.07) is 6.09. The molecule has 8 nitrogen and oxygen atoms in total. The molecule has 0 aliphatic carbocycles. The summed E-state index contributed by atoms with van der Waals surface area (Å²) in [5.74, 6) is 1.01. The van der Waals surface area contributed by atoms with Crippen LogP contribution >= 0.6 is 0 Å². The first kappa shape index (κ1) is 22.4. The van der Waals surface area contributed by atoms with E-state index in [1.54, 1.807) is 23.1 Å². The number of amides is 2. The van der Waals surface area contributed by atoms with Gasteiger partial charge in [0.1, 0.15) is 11.6 Å². The lowest BCUT2D eigenvalue weighted by molar-refractivity contribution is -0.130. The van der Waals surface area contributed by atoms with Crippen molar-refractivity contribution < 1.29 is 18.7 Å². The van der Waals surface area contributed by atoms with Gasteiger partial charge in [0, 0.05) is 32.7 Å². The molecule has 0 unspecified atom stereocenters. The Morgan fingerprint density at radius 3 is 2.75 bits per heavy atom. The Balaban J connectivity index is 1.45. The van der Waals surface area contributed by atoms with Crippen LogP contribution in [0.25, 0.3) is 0 Å². The highest BCUT2D eigenvalue weighted by Crippen LogP contribution is 2.24. The van der Waals surface area contributed by atoms with Crippen LogP contribution in [0.3, 0.4) is 0 Å². The van der Waals surface area contributed by atoms with E-state index in [0.29, 0.717) is 50.7 Å². The van der Waals surface area contributed by atoms with E-state index < -0.39 is 0 Å². The normalized spacial score (nSPS) is 19.5. The van der Waals surface area contributed by atoms with Gasteiger partial charge in [-0.1, -0.05) is 32.0 Å². The van der Waals surface area contributed by atoms with E-state index in [2.05, 4.69) is 15.5 Å². The molecule has 9 heteroatoms. The number of carbonyl (C=O) groups is 2. The molecule has 2 aromatic rings. The summed E-state index contributed by atoms with van der Waals surface area (Å²) in [4.78, 5) is 27.3. The topological polar surface area (TPSA) is 89.3 Å². The minimum atomic E-state index is -0.363. The standard InChI is InChI=1S/C23H30FN5O3/c1-15(2)21(25-23(31)17-8-12-32-14-17)22-27-26-19-7-9-28(10-11-29(19)22)20(30)13-16-5-3-4-6-18(16)24/h3-6,15,17,21H,7-14H2,1-2H3,(H,25,31)/t17-,21-/m0/s1. The second-order valence-electron chi connectivity index (χ2n) is 8.82. The second kappa shape index (κ2) is 9.77. The number of carbonyl (C=O) groups excluding carboxylic acids is 2. The predicted octanol–water partition coefficient (Wildman–Crippen LogP) is 1.89. The third-order valence-corrected chi connectivity index (χ3v) is 6.25. The molecular weight excluding hydrogens is 413 g/mol. The van der Waals surface area contributed by atoms with Crippen LogP contribution in [0.15, 0.2) is 24.3 Å². The zero-order valence-corrected chi connectivity index (χ0v) is 18.6. The molecule has 1 aromatic heterocycles. The molecule has 2 aliphatic heterocycles. The van der Waals surface area contributed by atoms with Gasteiger partial charge < -0.3 is 19.5 Å². The van der Waals surface area contributed by atoms with Crippen LogP contribution in [-0.2, 0) is 33.7 Å². The molecule has 172 valence electrons. The minimum absolute atomic E-state index is 0.0196. The summed E-state index contributed by atoms with van der Waals surface area (Å²) < 4.78 is 21.3. The Morgan fingerprint density at radius 2 is 2.03 bits per heavy atom. The molecule has 0 bridgehead atoms. The summed E-state index contributed by atoms with van der Waals surface area (Å²) in [7, 11) is 0. The van der Waals surface area contributed by atoms with Crippen molar-refractivity contribution in [1.29, 1.82) is 0 Å². The van der Waals surface area contributed by atoms with Crippen LogP contribution in [-0.4, -0.2) is 57.8 Å². The highest BCUT2D eigenvalue weighted by Gasteiger charge is 2.31. The van der Waals surface area contributed by atoms with Gasteiger partial charge in [0.15, 0.2) is 5.82 Å². The Hall–Kier alpha value is -2.81. The summed E-state index contributed by atoms with van der Waals surface area (Å²) >= 11 is 0. The maximum Gasteiger partial charge on any atom is 0.227 e. The van der Waals surface area contributed by atoms with E-state index in [4.69, 9.17) is 4.74 Å². The van der Waals surface area contributed by atoms with Crippen molar-refractivity contribution in [3.05, 3.63) is 47.3 Å². The number of halogens is 1. The number of benzene rings is 1. The lowest BCUT2D eigenvalue weighted by atomic mass is 10.0. The van der Waals surface area contributed by atoms with Gasteiger partial charge in [-0.3, -0.25) is 9.59 Å². The fraction of sp³-hybridized carbons (Fsp3) is 0.565. The monoisotopic (exact) mass is 443 g/mol. The van der Waals surface area contributed by atoms with Gasteiger partial charge in [-0.05, 0) is 24.0 Å². The second-order valence-corrected chi connectivity index (χ2v) is 8.82. The average molecular weight is 444 g/mol. The highest BCUT2D eigenvalue weighted by atomic mass is 19.1. The third-order valence-electron chi connectivity index (χ3n) is 6.25. The molecule has 2 atom stereocenters. The zero-order chi connectivity index (χ0) is 22.7. The number of nitrogens with zero attached hydrogens (tertiary/aromatic N) is 4. The first-order valence-electron chi connectivity index (χ1n) is 11.2. The molecule has 32 heavy (non-hydrogen) atoms. The SMILES string of the molecule is CC(C)[C@H](NC(=O)[C@H]1CCOC1)c1nnc2n1CCN(C(=O)Cc1ccccc1F)CC2. The van der Waals surface area contributed by atoms with Crippen LogP contribution < -0.4 is 5.32 Å². The molecule has 3 heterocycles. The predicted molar refractivity (Wildman–Crippen MR) is 115 cm³/mol. The maximum atomic E-state index is 14.0. The first-order chi connectivity index (χ1) is 15.4. The zero-order valence-electron chi connectivity index (χ0n) is 18.6. The van der Waals surface area contributed by atoms with Crippen molar-refractivity contribution in [2.24, 2.45) is 11.8 Å². The van der Waals surface area contributed by atoms with Crippen molar-refractivity contribution >= 4 is 11.8 Å². The first-order valence-corrected chi connectivity index (χ1v) is 11.2. The Kier molecular flexibility index (Phi) is 6.83. The molecule has 0 radical (unpaired) electrons. The number of aromatic nitrogens is 3. The molecule has 1 N–H and O–H groups in total. The molecule has 0 spiro atoms. The van der Waals surface area contributed by atoms with Gasteiger partial charge in [-0.2, -0.15) is 0 Å². The van der Waals surface area contributed by atoms with Crippen LogP contribution in [0.2, 0.25) is 0 Å². The van der Waals surface area contributed by atoms with Crippen LogP contribution in [0.1, 0.15) is 43.5 Å². The van der Waals surface area contributed by atoms with Crippen molar-refractivity contribution in [3.8, 4) is 0 Å². The Labute approximate surface area is 187 Å². The lowest BCUT2D eigenvalue weighted by Crippen LogP contribution is -2.38. The van der Waals surface area contributed by atoms with E-state index >= 15 is 0 Å². The lowest BCUT2D eigenvalue weighted by Gasteiger charge is -2.24. The highest BCUT2D eigenvalue weighted by molar-refractivity contribution is 5.79. The molecule has 1 aromatic carbocycles. The number of hydrogen-bond acceptors (Lipinski definition) is 5. The molecule has 2 aliphatic rings. The summed E-state index contributed by atoms with van der Waals surface area (Å²) in [6.45, 7) is 6.67. The van der Waals surface area contributed by atoms with E-state index in [9.17, 15) is 14.0 Å². The van der Waals surface area contributed by atoms with Gasteiger partial charge in [0.2, 0.25) is 11.8 Å².